The minimum Gasteiger partial charge on any atom is -0.354 e. The second kappa shape index (κ2) is 8.29. The third-order valence-electron chi connectivity index (χ3n) is 6.03. The molecule has 3 atom stereocenters. The lowest BCUT2D eigenvalue weighted by Crippen LogP contribution is -2.38. The van der Waals surface area contributed by atoms with Crippen LogP contribution in [-0.4, -0.2) is 35.0 Å². The van der Waals surface area contributed by atoms with Crippen LogP contribution in [0, 0.1) is 17.8 Å². The van der Waals surface area contributed by atoms with E-state index in [2.05, 4.69) is 5.32 Å². The fourth-order valence-electron chi connectivity index (χ4n) is 4.65. The van der Waals surface area contributed by atoms with Crippen LogP contribution < -0.4 is 5.32 Å². The van der Waals surface area contributed by atoms with Crippen molar-refractivity contribution in [1.82, 2.24) is 10.2 Å². The van der Waals surface area contributed by atoms with Crippen LogP contribution in [0.25, 0.3) is 6.08 Å². The van der Waals surface area contributed by atoms with E-state index in [1.807, 2.05) is 0 Å². The van der Waals surface area contributed by atoms with Gasteiger partial charge in [0.05, 0.1) is 4.91 Å². The quantitative estimate of drug-likeness (QED) is 0.698. The summed E-state index contributed by atoms with van der Waals surface area (Å²) in [6, 6.07) is 7.07. The number of imide groups is 1. The van der Waals surface area contributed by atoms with Crippen LogP contribution in [0.15, 0.2) is 29.2 Å². The number of hydrogen-bond donors (Lipinski definition) is 1. The summed E-state index contributed by atoms with van der Waals surface area (Å²) < 4.78 is 0. The number of nitrogens with one attached hydrogen (secondary N) is 1. The molecule has 4 rings (SSSR count). The molecular formula is C21H23ClN2O3S. The second-order valence-corrected chi connectivity index (χ2v) is 9.30. The van der Waals surface area contributed by atoms with Crippen molar-refractivity contribution in [3.8, 4) is 0 Å². The molecule has 2 aliphatic carbocycles. The highest BCUT2D eigenvalue weighted by molar-refractivity contribution is 8.18. The van der Waals surface area contributed by atoms with E-state index < -0.39 is 0 Å². The maximum atomic E-state index is 12.5. The van der Waals surface area contributed by atoms with Crippen molar-refractivity contribution in [2.24, 2.45) is 17.8 Å². The van der Waals surface area contributed by atoms with Crippen molar-refractivity contribution in [2.75, 3.05) is 13.1 Å². The van der Waals surface area contributed by atoms with E-state index in [1.54, 1.807) is 30.3 Å². The van der Waals surface area contributed by atoms with Crippen LogP contribution in [0.1, 0.15) is 37.7 Å². The first-order valence-corrected chi connectivity index (χ1v) is 11.0. The van der Waals surface area contributed by atoms with Gasteiger partial charge in [-0.25, -0.2) is 0 Å². The van der Waals surface area contributed by atoms with Gasteiger partial charge in [0, 0.05) is 24.5 Å². The van der Waals surface area contributed by atoms with Crippen LogP contribution >= 0.6 is 23.4 Å². The number of amides is 3. The largest absolute Gasteiger partial charge is 0.354 e. The Morgan fingerprint density at radius 2 is 2.00 bits per heavy atom. The Bertz CT molecular complexity index is 823. The Balaban J connectivity index is 1.26. The fourth-order valence-corrected chi connectivity index (χ4v) is 5.64. The molecule has 0 unspecified atom stereocenters. The molecule has 1 aromatic carbocycles. The topological polar surface area (TPSA) is 66.5 Å². The average Bonchev–Trinajstić information content (AvgIpc) is 3.35. The molecule has 5 nitrogen and oxygen atoms in total. The number of carbonyl (C=O) groups is 3. The Labute approximate surface area is 173 Å². The predicted molar refractivity (Wildman–Crippen MR) is 111 cm³/mol. The minimum absolute atomic E-state index is 0.0289. The lowest BCUT2D eigenvalue weighted by Gasteiger charge is -2.21. The predicted octanol–water partition coefficient (Wildman–Crippen LogP) is 4.32. The van der Waals surface area contributed by atoms with E-state index in [1.165, 1.54) is 30.6 Å². The molecule has 28 heavy (non-hydrogen) atoms. The standard InChI is InChI=1S/C21H23ClN2O3S/c22-17-5-2-13(3-6-17)11-18-20(26)24(21(27)28-18)8-7-23-19(25)12-16-10-14-1-4-15(16)9-14/h2-3,5-6,11,14-16H,1,4,7-10,12H2,(H,23,25)/b18-11+/t14-,15-,16-/m0/s1. The summed E-state index contributed by atoms with van der Waals surface area (Å²) in [4.78, 5) is 38.5. The molecule has 1 N–H and O–H groups in total. The summed E-state index contributed by atoms with van der Waals surface area (Å²) in [6.45, 7) is 0.497. The maximum absolute atomic E-state index is 12.5. The van der Waals surface area contributed by atoms with Crippen molar-refractivity contribution in [1.29, 1.82) is 0 Å². The molecule has 1 heterocycles. The minimum atomic E-state index is -0.313. The summed E-state index contributed by atoms with van der Waals surface area (Å²) in [5.41, 5.74) is 0.814. The molecule has 2 bridgehead atoms. The number of carbonyl (C=O) groups excluding carboxylic acids is 3. The number of rotatable bonds is 6. The second-order valence-electron chi connectivity index (χ2n) is 7.87. The van der Waals surface area contributed by atoms with Crippen molar-refractivity contribution < 1.29 is 14.4 Å². The van der Waals surface area contributed by atoms with E-state index in [9.17, 15) is 14.4 Å². The van der Waals surface area contributed by atoms with Crippen LogP contribution in [0.3, 0.4) is 0 Å². The van der Waals surface area contributed by atoms with Gasteiger partial charge in [0.1, 0.15) is 0 Å². The third-order valence-corrected chi connectivity index (χ3v) is 7.19. The van der Waals surface area contributed by atoms with E-state index in [-0.39, 0.29) is 23.6 Å². The Morgan fingerprint density at radius 1 is 1.21 bits per heavy atom. The fraction of sp³-hybridized carbons (Fsp3) is 0.476. The first-order valence-electron chi connectivity index (χ1n) is 9.77. The summed E-state index contributed by atoms with van der Waals surface area (Å²) in [5.74, 6) is 1.77. The molecule has 0 spiro atoms. The van der Waals surface area contributed by atoms with Gasteiger partial charge < -0.3 is 5.32 Å². The van der Waals surface area contributed by atoms with Crippen molar-refractivity contribution in [3.63, 3.8) is 0 Å². The highest BCUT2D eigenvalue weighted by Gasteiger charge is 2.40. The molecule has 7 heteroatoms. The van der Waals surface area contributed by atoms with Crippen molar-refractivity contribution in [2.45, 2.75) is 32.1 Å². The van der Waals surface area contributed by atoms with Gasteiger partial charge in [-0.1, -0.05) is 30.2 Å². The SMILES string of the molecule is O=C(C[C@@H]1C[C@H]2CC[C@H]1C2)NCCN1C(=O)S/C(=C/c2ccc(Cl)cc2)C1=O. The summed E-state index contributed by atoms with van der Waals surface area (Å²) in [6.07, 6.45) is 7.31. The van der Waals surface area contributed by atoms with E-state index in [0.29, 0.717) is 28.8 Å². The normalized spacial score (nSPS) is 27.8. The van der Waals surface area contributed by atoms with Gasteiger partial charge in [-0.3, -0.25) is 19.3 Å². The van der Waals surface area contributed by atoms with Crippen molar-refractivity contribution >= 4 is 46.5 Å². The van der Waals surface area contributed by atoms with Crippen LogP contribution in [0.4, 0.5) is 4.79 Å². The molecule has 148 valence electrons. The molecule has 2 saturated carbocycles. The lowest BCUT2D eigenvalue weighted by molar-refractivity contribution is -0.124. The molecule has 0 aromatic heterocycles. The maximum Gasteiger partial charge on any atom is 0.293 e. The number of fused-ring (bicyclic) bond motifs is 2. The van der Waals surface area contributed by atoms with E-state index >= 15 is 0 Å². The molecule has 1 aliphatic heterocycles. The Kier molecular flexibility index (Phi) is 5.78. The monoisotopic (exact) mass is 418 g/mol. The highest BCUT2D eigenvalue weighted by atomic mass is 35.5. The molecule has 3 fully saturated rings. The zero-order valence-corrected chi connectivity index (χ0v) is 17.1. The number of thioether (sulfide) groups is 1. The number of nitrogens with zero attached hydrogens (tertiary/aromatic N) is 1. The number of benzene rings is 1. The van der Waals surface area contributed by atoms with E-state index in [4.69, 9.17) is 11.6 Å². The summed E-state index contributed by atoms with van der Waals surface area (Å²) in [7, 11) is 0. The zero-order valence-electron chi connectivity index (χ0n) is 15.5. The van der Waals surface area contributed by atoms with Gasteiger partial charge in [-0.2, -0.15) is 0 Å². The molecule has 3 aliphatic rings. The number of halogens is 1. The summed E-state index contributed by atoms with van der Waals surface area (Å²) >= 11 is 6.79. The molecular weight excluding hydrogens is 396 g/mol. The molecule has 0 radical (unpaired) electrons. The van der Waals surface area contributed by atoms with Gasteiger partial charge in [-0.05, 0) is 72.6 Å². The zero-order chi connectivity index (χ0) is 19.7. The Morgan fingerprint density at radius 3 is 2.68 bits per heavy atom. The number of hydrogen-bond acceptors (Lipinski definition) is 4. The van der Waals surface area contributed by atoms with Gasteiger partial charge in [0.2, 0.25) is 5.91 Å². The molecule has 1 saturated heterocycles. The summed E-state index contributed by atoms with van der Waals surface area (Å²) in [5, 5.41) is 3.20. The first-order chi connectivity index (χ1) is 13.5. The molecule has 3 amide bonds. The smallest absolute Gasteiger partial charge is 0.293 e. The Hall–Kier alpha value is -1.79. The molecule has 1 aromatic rings. The van der Waals surface area contributed by atoms with Gasteiger partial charge in [-0.15, -0.1) is 0 Å². The van der Waals surface area contributed by atoms with Crippen LogP contribution in [-0.2, 0) is 9.59 Å². The highest BCUT2D eigenvalue weighted by Crippen LogP contribution is 2.49. The average molecular weight is 419 g/mol. The van der Waals surface area contributed by atoms with Crippen molar-refractivity contribution in [3.05, 3.63) is 39.8 Å². The third kappa shape index (κ3) is 4.28. The lowest BCUT2D eigenvalue weighted by atomic mass is 9.86. The van der Waals surface area contributed by atoms with Crippen LogP contribution in [0.2, 0.25) is 5.02 Å². The van der Waals surface area contributed by atoms with E-state index in [0.717, 1.165) is 29.2 Å². The van der Waals surface area contributed by atoms with Gasteiger partial charge in [0.15, 0.2) is 0 Å². The van der Waals surface area contributed by atoms with Gasteiger partial charge in [0.25, 0.3) is 11.1 Å². The van der Waals surface area contributed by atoms with Gasteiger partial charge >= 0.3 is 0 Å². The van der Waals surface area contributed by atoms with Crippen LogP contribution in [0.5, 0.6) is 0 Å². The first kappa shape index (κ1) is 19.5.